The molecule has 2 amide bonds. The van der Waals surface area contributed by atoms with Gasteiger partial charge >= 0.3 is 6.03 Å². The molecule has 6 heteroatoms. The Kier molecular flexibility index (Phi) is 4.05. The van der Waals surface area contributed by atoms with Crippen LogP contribution in [0.1, 0.15) is 35.3 Å². The van der Waals surface area contributed by atoms with E-state index in [1.54, 1.807) is 11.3 Å². The van der Waals surface area contributed by atoms with E-state index in [-0.39, 0.29) is 6.03 Å². The number of hydrogen-bond donors (Lipinski definition) is 1. The highest BCUT2D eigenvalue weighted by atomic mass is 32.1. The van der Waals surface area contributed by atoms with Crippen molar-refractivity contribution in [1.29, 1.82) is 0 Å². The second-order valence-corrected chi connectivity index (χ2v) is 8.26. The van der Waals surface area contributed by atoms with Gasteiger partial charge in [-0.3, -0.25) is 0 Å². The van der Waals surface area contributed by atoms with Crippen molar-refractivity contribution in [2.45, 2.75) is 51.7 Å². The summed E-state index contributed by atoms with van der Waals surface area (Å²) in [6, 6.07) is 0.0859. The van der Waals surface area contributed by atoms with Crippen LogP contribution in [0.3, 0.4) is 0 Å². The molecule has 23 heavy (non-hydrogen) atoms. The summed E-state index contributed by atoms with van der Waals surface area (Å²) < 4.78 is 5.97. The van der Waals surface area contributed by atoms with Crippen molar-refractivity contribution >= 4 is 17.4 Å². The van der Waals surface area contributed by atoms with Gasteiger partial charge in [0, 0.05) is 42.8 Å². The number of ether oxygens (including phenoxy) is 1. The van der Waals surface area contributed by atoms with Gasteiger partial charge in [0.05, 0.1) is 22.9 Å². The number of carbonyl (C=O) groups is 1. The summed E-state index contributed by atoms with van der Waals surface area (Å²) in [6.45, 7) is 6.67. The second-order valence-electron chi connectivity index (χ2n) is 6.97. The molecule has 1 N–H and O–H groups in total. The fourth-order valence-electron chi connectivity index (χ4n) is 4.44. The molecule has 1 aromatic heterocycles. The van der Waals surface area contributed by atoms with Crippen molar-refractivity contribution in [2.24, 2.45) is 11.8 Å². The quantitative estimate of drug-likeness (QED) is 0.919. The number of likely N-dealkylation sites (tertiary alicyclic amines) is 1. The molecule has 0 unspecified atom stereocenters. The Balaban J connectivity index is 1.26. The Morgan fingerprint density at radius 1 is 1.35 bits per heavy atom. The lowest BCUT2D eigenvalue weighted by Crippen LogP contribution is -2.40. The largest absolute Gasteiger partial charge is 0.374 e. The fraction of sp³-hybridized carbons (Fsp3) is 0.765. The summed E-state index contributed by atoms with van der Waals surface area (Å²) in [5.74, 6) is 1.15. The van der Waals surface area contributed by atoms with Crippen LogP contribution in [0.25, 0.3) is 0 Å². The molecular weight excluding hydrogens is 310 g/mol. The van der Waals surface area contributed by atoms with Crippen LogP contribution in [0.15, 0.2) is 0 Å². The minimum Gasteiger partial charge on any atom is -0.374 e. The fourth-order valence-corrected chi connectivity index (χ4v) is 5.46. The van der Waals surface area contributed by atoms with E-state index < -0.39 is 0 Å². The Morgan fingerprint density at radius 2 is 2.04 bits per heavy atom. The van der Waals surface area contributed by atoms with Crippen LogP contribution in [0, 0.1) is 18.8 Å². The third-order valence-electron chi connectivity index (χ3n) is 5.63. The minimum absolute atomic E-state index is 0.0859. The molecule has 0 saturated carbocycles. The van der Waals surface area contributed by atoms with Gasteiger partial charge in [0.1, 0.15) is 0 Å². The smallest absolute Gasteiger partial charge is 0.317 e. The Bertz CT molecular complexity index is 585. The predicted molar refractivity (Wildman–Crippen MR) is 89.8 cm³/mol. The first-order valence-corrected chi connectivity index (χ1v) is 9.60. The molecule has 3 aliphatic rings. The summed E-state index contributed by atoms with van der Waals surface area (Å²) in [7, 11) is 0. The lowest BCUT2D eigenvalue weighted by atomic mass is 9.82. The molecule has 4 rings (SSSR count). The third kappa shape index (κ3) is 2.76. The van der Waals surface area contributed by atoms with Gasteiger partial charge in [-0.25, -0.2) is 9.78 Å². The predicted octanol–water partition coefficient (Wildman–Crippen LogP) is 2.38. The number of rotatable bonds is 4. The van der Waals surface area contributed by atoms with E-state index in [1.807, 2.05) is 4.90 Å². The number of fused-ring (bicyclic) bond motifs is 5. The number of carbonyl (C=O) groups excluding carboxylic acids is 1. The number of thiazole rings is 1. The van der Waals surface area contributed by atoms with Gasteiger partial charge in [-0.2, -0.15) is 0 Å². The molecule has 1 aromatic rings. The lowest BCUT2D eigenvalue weighted by Gasteiger charge is -2.19. The average Bonchev–Trinajstić information content (AvgIpc) is 3.28. The molecule has 0 aliphatic carbocycles. The average molecular weight is 335 g/mol. The molecule has 4 heterocycles. The van der Waals surface area contributed by atoms with Gasteiger partial charge in [-0.05, 0) is 26.2 Å². The standard InChI is InChI=1S/C17H25N3O2S/c1-3-13-10(2)23-16(19-13)6-7-18-17(21)20-8-11-12(9-20)15-5-4-14(11)22-15/h11-12,14-15H,3-9H2,1-2H3,(H,18,21)/t11-,12+,14-,15-/m1/s1. The van der Waals surface area contributed by atoms with Crippen LogP contribution in [-0.4, -0.2) is 47.8 Å². The zero-order chi connectivity index (χ0) is 16.0. The normalized spacial score (nSPS) is 31.7. The van der Waals surface area contributed by atoms with E-state index in [1.165, 1.54) is 23.4 Å². The number of nitrogens with one attached hydrogen (secondary N) is 1. The van der Waals surface area contributed by atoms with Crippen LogP contribution >= 0.6 is 11.3 Å². The summed E-state index contributed by atoms with van der Waals surface area (Å²) in [6.07, 6.45) is 5.00. The van der Waals surface area contributed by atoms with Crippen molar-refractivity contribution in [3.63, 3.8) is 0 Å². The molecule has 3 saturated heterocycles. The van der Waals surface area contributed by atoms with Crippen molar-refractivity contribution in [3.05, 3.63) is 15.6 Å². The molecule has 4 atom stereocenters. The third-order valence-corrected chi connectivity index (χ3v) is 6.70. The first-order valence-electron chi connectivity index (χ1n) is 8.79. The molecular formula is C17H25N3O2S. The van der Waals surface area contributed by atoms with Crippen molar-refractivity contribution in [2.75, 3.05) is 19.6 Å². The topological polar surface area (TPSA) is 54.5 Å². The summed E-state index contributed by atoms with van der Waals surface area (Å²) in [5.41, 5.74) is 1.19. The maximum absolute atomic E-state index is 12.4. The summed E-state index contributed by atoms with van der Waals surface area (Å²) >= 11 is 1.75. The SMILES string of the molecule is CCc1nc(CCNC(=O)N2C[C@@H]3[C@H](C2)[C@H]2CC[C@H]3O2)sc1C. The Hall–Kier alpha value is -1.14. The van der Waals surface area contributed by atoms with Crippen LogP contribution in [-0.2, 0) is 17.6 Å². The molecule has 126 valence electrons. The van der Waals surface area contributed by atoms with E-state index in [0.717, 1.165) is 30.9 Å². The molecule has 3 fully saturated rings. The van der Waals surface area contributed by atoms with Crippen LogP contribution in [0.4, 0.5) is 4.79 Å². The number of amides is 2. The van der Waals surface area contributed by atoms with Crippen molar-refractivity contribution < 1.29 is 9.53 Å². The molecule has 2 bridgehead atoms. The van der Waals surface area contributed by atoms with Gasteiger partial charge in [-0.15, -0.1) is 11.3 Å². The highest BCUT2D eigenvalue weighted by Gasteiger charge is 2.53. The van der Waals surface area contributed by atoms with Gasteiger partial charge in [0.25, 0.3) is 0 Å². The number of hydrogen-bond acceptors (Lipinski definition) is 4. The van der Waals surface area contributed by atoms with E-state index in [0.29, 0.717) is 30.6 Å². The van der Waals surface area contributed by atoms with Gasteiger partial charge < -0.3 is 15.0 Å². The highest BCUT2D eigenvalue weighted by Crippen LogP contribution is 2.47. The monoisotopic (exact) mass is 335 g/mol. The van der Waals surface area contributed by atoms with Crippen molar-refractivity contribution in [1.82, 2.24) is 15.2 Å². The van der Waals surface area contributed by atoms with E-state index >= 15 is 0 Å². The summed E-state index contributed by atoms with van der Waals surface area (Å²) in [4.78, 5) is 20.3. The van der Waals surface area contributed by atoms with E-state index in [4.69, 9.17) is 4.74 Å². The first kappa shape index (κ1) is 15.4. The number of aryl methyl sites for hydroxylation is 2. The number of urea groups is 1. The molecule has 5 nitrogen and oxygen atoms in total. The second kappa shape index (κ2) is 6.06. The zero-order valence-corrected chi connectivity index (χ0v) is 14.7. The van der Waals surface area contributed by atoms with Crippen LogP contribution < -0.4 is 5.32 Å². The molecule has 0 aromatic carbocycles. The number of aromatic nitrogens is 1. The minimum atomic E-state index is 0.0859. The van der Waals surface area contributed by atoms with E-state index in [2.05, 4.69) is 24.1 Å². The highest BCUT2D eigenvalue weighted by molar-refractivity contribution is 7.11. The Labute approximate surface area is 141 Å². The zero-order valence-electron chi connectivity index (χ0n) is 13.9. The van der Waals surface area contributed by atoms with Gasteiger partial charge in [0.15, 0.2) is 0 Å². The maximum atomic E-state index is 12.4. The van der Waals surface area contributed by atoms with Crippen LogP contribution in [0.2, 0.25) is 0 Å². The molecule has 3 aliphatic heterocycles. The number of nitrogens with zero attached hydrogens (tertiary/aromatic N) is 2. The van der Waals surface area contributed by atoms with Gasteiger partial charge in [-0.1, -0.05) is 6.92 Å². The molecule has 0 radical (unpaired) electrons. The maximum Gasteiger partial charge on any atom is 0.317 e. The Morgan fingerprint density at radius 3 is 2.65 bits per heavy atom. The first-order chi connectivity index (χ1) is 11.2. The van der Waals surface area contributed by atoms with Gasteiger partial charge in [0.2, 0.25) is 0 Å². The molecule has 0 spiro atoms. The van der Waals surface area contributed by atoms with E-state index in [9.17, 15) is 4.79 Å². The van der Waals surface area contributed by atoms with Crippen molar-refractivity contribution in [3.8, 4) is 0 Å². The van der Waals surface area contributed by atoms with Crippen LogP contribution in [0.5, 0.6) is 0 Å². The summed E-state index contributed by atoms with van der Waals surface area (Å²) in [5, 5.41) is 4.20. The lowest BCUT2D eigenvalue weighted by molar-refractivity contribution is 0.0739.